The van der Waals surface area contributed by atoms with Crippen molar-refractivity contribution in [2.24, 2.45) is 10.9 Å². The molecule has 92 valence electrons. The minimum absolute atomic E-state index is 0.0151. The predicted octanol–water partition coefficient (Wildman–Crippen LogP) is 1.74. The highest BCUT2D eigenvalue weighted by Crippen LogP contribution is 2.10. The molecule has 1 aromatic carbocycles. The third-order valence-corrected chi connectivity index (χ3v) is 1.88. The third kappa shape index (κ3) is 4.02. The molecule has 0 aliphatic heterocycles. The average Bonchev–Trinajstić information content (AvgIpc) is 2.28. The maximum Gasteiger partial charge on any atom is 0.411 e. The number of benzene rings is 1. The molecule has 0 radical (unpaired) electrons. The molecule has 0 bridgehead atoms. The van der Waals surface area contributed by atoms with Crippen molar-refractivity contribution in [2.45, 2.75) is 20.0 Å². The molecule has 0 aromatic heterocycles. The van der Waals surface area contributed by atoms with Crippen LogP contribution in [-0.4, -0.2) is 23.2 Å². The Morgan fingerprint density at radius 1 is 1.41 bits per heavy atom. The van der Waals surface area contributed by atoms with Gasteiger partial charge >= 0.3 is 6.09 Å². The van der Waals surface area contributed by atoms with Gasteiger partial charge < -0.3 is 15.7 Å². The van der Waals surface area contributed by atoms with Crippen molar-refractivity contribution in [1.29, 1.82) is 0 Å². The number of nitrogens with one attached hydrogen (secondary N) is 1. The van der Waals surface area contributed by atoms with Gasteiger partial charge in [-0.05, 0) is 38.1 Å². The predicted molar refractivity (Wildman–Crippen MR) is 64.2 cm³/mol. The molecule has 0 aliphatic carbocycles. The van der Waals surface area contributed by atoms with E-state index in [2.05, 4.69) is 10.5 Å². The maximum atomic E-state index is 11.3. The van der Waals surface area contributed by atoms with Crippen LogP contribution in [0.15, 0.2) is 29.4 Å². The molecular weight excluding hydrogens is 222 g/mol. The Kier molecular flexibility index (Phi) is 4.33. The second kappa shape index (κ2) is 5.74. The summed E-state index contributed by atoms with van der Waals surface area (Å²) in [6.45, 7) is 3.53. The molecule has 0 heterocycles. The fourth-order valence-corrected chi connectivity index (χ4v) is 1.14. The number of carbonyl (C=O) groups excluding carboxylic acids is 1. The van der Waals surface area contributed by atoms with Crippen LogP contribution >= 0.6 is 0 Å². The smallest absolute Gasteiger partial charge is 0.411 e. The van der Waals surface area contributed by atoms with Crippen LogP contribution in [0.1, 0.15) is 19.4 Å². The first-order valence-corrected chi connectivity index (χ1v) is 5.08. The zero-order valence-electron chi connectivity index (χ0n) is 9.68. The van der Waals surface area contributed by atoms with Gasteiger partial charge in [0, 0.05) is 11.3 Å². The lowest BCUT2D eigenvalue weighted by atomic mass is 10.2. The highest BCUT2D eigenvalue weighted by molar-refractivity contribution is 5.97. The summed E-state index contributed by atoms with van der Waals surface area (Å²) in [6, 6.07) is 6.52. The monoisotopic (exact) mass is 237 g/mol. The van der Waals surface area contributed by atoms with Crippen molar-refractivity contribution in [1.82, 2.24) is 0 Å². The van der Waals surface area contributed by atoms with E-state index in [0.29, 0.717) is 11.3 Å². The van der Waals surface area contributed by atoms with E-state index in [1.54, 1.807) is 38.1 Å². The van der Waals surface area contributed by atoms with Crippen LogP contribution in [0.25, 0.3) is 0 Å². The summed E-state index contributed by atoms with van der Waals surface area (Å²) < 4.78 is 4.91. The van der Waals surface area contributed by atoms with Crippen LogP contribution < -0.4 is 11.1 Å². The van der Waals surface area contributed by atoms with Crippen LogP contribution in [0, 0.1) is 0 Å². The van der Waals surface area contributed by atoms with Crippen LogP contribution in [-0.2, 0) is 4.74 Å². The Hall–Kier alpha value is -2.24. The molecule has 0 spiro atoms. The lowest BCUT2D eigenvalue weighted by molar-refractivity contribution is 0.130. The zero-order chi connectivity index (χ0) is 12.8. The van der Waals surface area contributed by atoms with Crippen molar-refractivity contribution in [3.05, 3.63) is 29.8 Å². The number of rotatable bonds is 3. The molecule has 6 nitrogen and oxygen atoms in total. The quantitative estimate of drug-likeness (QED) is 0.323. The van der Waals surface area contributed by atoms with Crippen molar-refractivity contribution < 1.29 is 14.7 Å². The van der Waals surface area contributed by atoms with Gasteiger partial charge in [0.05, 0.1) is 6.10 Å². The molecule has 0 aliphatic rings. The maximum absolute atomic E-state index is 11.3. The summed E-state index contributed by atoms with van der Waals surface area (Å²) in [5.74, 6) is 0.0151. The number of nitrogens with two attached hydrogens (primary N) is 1. The van der Waals surface area contributed by atoms with Gasteiger partial charge in [0.25, 0.3) is 0 Å². The Bertz CT molecular complexity index is 412. The SMILES string of the molecule is CC(C)OC(=O)Nc1ccc(C(N)=NO)cc1. The van der Waals surface area contributed by atoms with E-state index >= 15 is 0 Å². The number of nitrogens with zero attached hydrogens (tertiary/aromatic N) is 1. The largest absolute Gasteiger partial charge is 0.447 e. The molecule has 0 saturated heterocycles. The summed E-state index contributed by atoms with van der Waals surface area (Å²) in [7, 11) is 0. The highest BCUT2D eigenvalue weighted by atomic mass is 16.6. The van der Waals surface area contributed by atoms with Crippen LogP contribution in [0.2, 0.25) is 0 Å². The summed E-state index contributed by atoms with van der Waals surface area (Å²) in [5.41, 5.74) is 6.54. The standard InChI is InChI=1S/C11H15N3O3/c1-7(2)17-11(15)13-9-5-3-8(4-6-9)10(12)14-16/h3-7,16H,1-2H3,(H2,12,14)(H,13,15). The number of hydrogen-bond acceptors (Lipinski definition) is 4. The minimum atomic E-state index is -0.517. The number of amidine groups is 1. The molecule has 0 saturated carbocycles. The van der Waals surface area contributed by atoms with Gasteiger partial charge in [-0.2, -0.15) is 0 Å². The first-order chi connectivity index (χ1) is 8.02. The highest BCUT2D eigenvalue weighted by Gasteiger charge is 2.05. The van der Waals surface area contributed by atoms with Crippen LogP contribution in [0.4, 0.5) is 10.5 Å². The van der Waals surface area contributed by atoms with E-state index in [1.807, 2.05) is 0 Å². The Morgan fingerprint density at radius 2 is 2.00 bits per heavy atom. The van der Waals surface area contributed by atoms with Crippen LogP contribution in [0.3, 0.4) is 0 Å². The molecule has 17 heavy (non-hydrogen) atoms. The normalized spacial score (nSPS) is 11.4. The summed E-state index contributed by atoms with van der Waals surface area (Å²) in [4.78, 5) is 11.3. The molecule has 0 fully saturated rings. The van der Waals surface area contributed by atoms with E-state index < -0.39 is 6.09 Å². The molecule has 1 amide bonds. The van der Waals surface area contributed by atoms with Gasteiger partial charge in [0.1, 0.15) is 0 Å². The molecule has 1 aromatic rings. The molecule has 6 heteroatoms. The van der Waals surface area contributed by atoms with E-state index in [1.165, 1.54) is 0 Å². The van der Waals surface area contributed by atoms with Gasteiger partial charge in [-0.15, -0.1) is 0 Å². The van der Waals surface area contributed by atoms with Crippen LogP contribution in [0.5, 0.6) is 0 Å². The Morgan fingerprint density at radius 3 is 2.47 bits per heavy atom. The molecular formula is C11H15N3O3. The van der Waals surface area contributed by atoms with Gasteiger partial charge in [-0.25, -0.2) is 4.79 Å². The third-order valence-electron chi connectivity index (χ3n) is 1.88. The summed E-state index contributed by atoms with van der Waals surface area (Å²) in [6.07, 6.45) is -0.692. The number of anilines is 1. The number of oxime groups is 1. The summed E-state index contributed by atoms with van der Waals surface area (Å²) >= 11 is 0. The van der Waals surface area contributed by atoms with Gasteiger partial charge in [-0.3, -0.25) is 5.32 Å². The lowest BCUT2D eigenvalue weighted by Crippen LogP contribution is -2.18. The fraction of sp³-hybridized carbons (Fsp3) is 0.273. The second-order valence-electron chi connectivity index (χ2n) is 3.64. The number of ether oxygens (including phenoxy) is 1. The van der Waals surface area contributed by atoms with E-state index in [9.17, 15) is 4.79 Å². The lowest BCUT2D eigenvalue weighted by Gasteiger charge is -2.09. The van der Waals surface area contributed by atoms with E-state index in [-0.39, 0.29) is 11.9 Å². The van der Waals surface area contributed by atoms with Crippen molar-refractivity contribution in [3.8, 4) is 0 Å². The first-order valence-electron chi connectivity index (χ1n) is 5.08. The van der Waals surface area contributed by atoms with E-state index in [4.69, 9.17) is 15.7 Å². The van der Waals surface area contributed by atoms with Gasteiger partial charge in [0.15, 0.2) is 5.84 Å². The molecule has 4 N–H and O–H groups in total. The minimum Gasteiger partial charge on any atom is -0.447 e. The van der Waals surface area contributed by atoms with Gasteiger partial charge in [-0.1, -0.05) is 5.16 Å². The fourth-order valence-electron chi connectivity index (χ4n) is 1.14. The first kappa shape index (κ1) is 12.8. The van der Waals surface area contributed by atoms with Crippen molar-refractivity contribution >= 4 is 17.6 Å². The topological polar surface area (TPSA) is 96.9 Å². The number of hydrogen-bond donors (Lipinski definition) is 3. The van der Waals surface area contributed by atoms with E-state index in [0.717, 1.165) is 0 Å². The molecule has 0 unspecified atom stereocenters. The Labute approximate surface area is 99.1 Å². The zero-order valence-corrected chi connectivity index (χ0v) is 9.68. The number of carbonyl (C=O) groups is 1. The van der Waals surface area contributed by atoms with Gasteiger partial charge in [0.2, 0.25) is 0 Å². The summed E-state index contributed by atoms with van der Waals surface area (Å²) in [5, 5.41) is 13.9. The second-order valence-corrected chi connectivity index (χ2v) is 3.64. The van der Waals surface area contributed by atoms with Crippen molar-refractivity contribution in [3.63, 3.8) is 0 Å². The Balaban J connectivity index is 2.66. The molecule has 0 atom stereocenters. The number of amides is 1. The average molecular weight is 237 g/mol. The van der Waals surface area contributed by atoms with Crippen molar-refractivity contribution in [2.75, 3.05) is 5.32 Å². The molecule has 1 rings (SSSR count).